The summed E-state index contributed by atoms with van der Waals surface area (Å²) in [6, 6.07) is 17.9. The fourth-order valence-corrected chi connectivity index (χ4v) is 2.64. The van der Waals surface area contributed by atoms with Crippen LogP contribution in [0.2, 0.25) is 0 Å². The molecule has 0 saturated carbocycles. The quantitative estimate of drug-likeness (QED) is 0.904. The van der Waals surface area contributed by atoms with Crippen LogP contribution in [-0.2, 0) is 9.59 Å². The molecule has 2 amide bonds. The lowest BCUT2D eigenvalue weighted by Crippen LogP contribution is -2.51. The summed E-state index contributed by atoms with van der Waals surface area (Å²) in [5.41, 5.74) is 3.06. The van der Waals surface area contributed by atoms with Crippen LogP contribution in [0.3, 0.4) is 0 Å². The fourth-order valence-electron chi connectivity index (χ4n) is 2.64. The molecule has 0 aromatic heterocycles. The maximum absolute atomic E-state index is 12.2. The summed E-state index contributed by atoms with van der Waals surface area (Å²) in [5.74, 6) is -0.169. The SMILES string of the molecule is O=C1CN(C(=O)CNc2ccccc2-c2ccccc2)CCN1. The van der Waals surface area contributed by atoms with Crippen LogP contribution in [0.4, 0.5) is 5.69 Å². The van der Waals surface area contributed by atoms with Gasteiger partial charge in [-0.25, -0.2) is 0 Å². The predicted octanol–water partition coefficient (Wildman–Crippen LogP) is 1.72. The number of rotatable bonds is 4. The minimum Gasteiger partial charge on any atom is -0.376 e. The monoisotopic (exact) mass is 309 g/mol. The molecule has 1 fully saturated rings. The number of carbonyl (C=O) groups excluding carboxylic acids is 2. The van der Waals surface area contributed by atoms with Gasteiger partial charge in [-0.05, 0) is 11.6 Å². The molecule has 0 aliphatic carbocycles. The molecule has 0 unspecified atom stereocenters. The van der Waals surface area contributed by atoms with Crippen LogP contribution < -0.4 is 10.6 Å². The second-order valence-corrected chi connectivity index (χ2v) is 5.43. The Kier molecular flexibility index (Phi) is 4.57. The van der Waals surface area contributed by atoms with Gasteiger partial charge in [0, 0.05) is 24.3 Å². The molecule has 1 aliphatic rings. The number of benzene rings is 2. The first-order chi connectivity index (χ1) is 11.2. The van der Waals surface area contributed by atoms with Crippen molar-refractivity contribution in [3.8, 4) is 11.1 Å². The van der Waals surface area contributed by atoms with Crippen LogP contribution >= 0.6 is 0 Å². The van der Waals surface area contributed by atoms with E-state index < -0.39 is 0 Å². The summed E-state index contributed by atoms with van der Waals surface area (Å²) in [4.78, 5) is 25.2. The average molecular weight is 309 g/mol. The van der Waals surface area contributed by atoms with Gasteiger partial charge in [0.2, 0.25) is 11.8 Å². The maximum Gasteiger partial charge on any atom is 0.242 e. The average Bonchev–Trinajstić information content (AvgIpc) is 2.60. The van der Waals surface area contributed by atoms with Crippen LogP contribution in [0.15, 0.2) is 54.6 Å². The summed E-state index contributed by atoms with van der Waals surface area (Å²) < 4.78 is 0. The van der Waals surface area contributed by atoms with E-state index in [9.17, 15) is 9.59 Å². The van der Waals surface area contributed by atoms with Gasteiger partial charge in [-0.15, -0.1) is 0 Å². The highest BCUT2D eigenvalue weighted by Gasteiger charge is 2.20. The predicted molar refractivity (Wildman–Crippen MR) is 90.0 cm³/mol. The Labute approximate surface area is 135 Å². The Hall–Kier alpha value is -2.82. The number of anilines is 1. The minimum atomic E-state index is -0.103. The molecule has 1 heterocycles. The molecule has 0 atom stereocenters. The first-order valence-electron chi connectivity index (χ1n) is 7.67. The molecule has 0 bridgehead atoms. The van der Waals surface area contributed by atoms with Gasteiger partial charge in [-0.1, -0.05) is 48.5 Å². The third-order valence-electron chi connectivity index (χ3n) is 3.83. The van der Waals surface area contributed by atoms with E-state index in [0.717, 1.165) is 16.8 Å². The molecule has 1 aliphatic heterocycles. The molecule has 23 heavy (non-hydrogen) atoms. The largest absolute Gasteiger partial charge is 0.376 e. The van der Waals surface area contributed by atoms with Crippen molar-refractivity contribution < 1.29 is 9.59 Å². The molecule has 3 rings (SSSR count). The van der Waals surface area contributed by atoms with Gasteiger partial charge in [-0.3, -0.25) is 9.59 Å². The lowest BCUT2D eigenvalue weighted by Gasteiger charge is -2.27. The Morgan fingerprint density at radius 2 is 1.83 bits per heavy atom. The maximum atomic E-state index is 12.2. The van der Waals surface area contributed by atoms with Crippen molar-refractivity contribution in [1.29, 1.82) is 0 Å². The van der Waals surface area contributed by atoms with E-state index in [-0.39, 0.29) is 24.9 Å². The number of carbonyl (C=O) groups is 2. The van der Waals surface area contributed by atoms with Crippen LogP contribution in [0.5, 0.6) is 0 Å². The molecule has 2 aromatic rings. The number of nitrogens with zero attached hydrogens (tertiary/aromatic N) is 1. The molecule has 118 valence electrons. The number of nitrogens with one attached hydrogen (secondary N) is 2. The molecule has 0 radical (unpaired) electrons. The third kappa shape index (κ3) is 3.69. The zero-order valence-corrected chi connectivity index (χ0v) is 12.8. The molecule has 2 N–H and O–H groups in total. The van der Waals surface area contributed by atoms with Crippen molar-refractivity contribution >= 4 is 17.5 Å². The van der Waals surface area contributed by atoms with Crippen LogP contribution in [0, 0.1) is 0 Å². The van der Waals surface area contributed by atoms with E-state index in [2.05, 4.69) is 10.6 Å². The van der Waals surface area contributed by atoms with Gasteiger partial charge >= 0.3 is 0 Å². The number of amides is 2. The summed E-state index contributed by atoms with van der Waals surface area (Å²) in [5, 5.41) is 5.92. The number of hydrogen-bond donors (Lipinski definition) is 2. The first kappa shape index (κ1) is 15.1. The fraction of sp³-hybridized carbons (Fsp3) is 0.222. The highest BCUT2D eigenvalue weighted by Crippen LogP contribution is 2.27. The number of hydrogen-bond acceptors (Lipinski definition) is 3. The Morgan fingerprint density at radius 3 is 2.61 bits per heavy atom. The first-order valence-corrected chi connectivity index (χ1v) is 7.67. The normalized spacial score (nSPS) is 14.3. The highest BCUT2D eigenvalue weighted by molar-refractivity contribution is 5.89. The van der Waals surface area contributed by atoms with Crippen molar-refractivity contribution in [3.63, 3.8) is 0 Å². The smallest absolute Gasteiger partial charge is 0.242 e. The van der Waals surface area contributed by atoms with Gasteiger partial charge in [0.25, 0.3) is 0 Å². The van der Waals surface area contributed by atoms with Gasteiger partial charge in [0.1, 0.15) is 0 Å². The summed E-state index contributed by atoms with van der Waals surface area (Å²) in [6.07, 6.45) is 0. The zero-order chi connectivity index (χ0) is 16.1. The molecular weight excluding hydrogens is 290 g/mol. The highest BCUT2D eigenvalue weighted by atomic mass is 16.2. The van der Waals surface area contributed by atoms with Crippen molar-refractivity contribution in [3.05, 3.63) is 54.6 Å². The van der Waals surface area contributed by atoms with Crippen LogP contribution in [0.1, 0.15) is 0 Å². The van der Waals surface area contributed by atoms with E-state index in [0.29, 0.717) is 13.1 Å². The summed E-state index contributed by atoms with van der Waals surface area (Å²) >= 11 is 0. The molecule has 0 spiro atoms. The standard InChI is InChI=1S/C18H19N3O2/c22-17-13-21(11-10-19-17)18(23)12-20-16-9-5-4-8-15(16)14-6-2-1-3-7-14/h1-9,20H,10-13H2,(H,19,22). The van der Waals surface area contributed by atoms with Crippen molar-refractivity contribution in [2.45, 2.75) is 0 Å². The van der Waals surface area contributed by atoms with E-state index in [4.69, 9.17) is 0 Å². The Bertz CT molecular complexity index is 700. The second-order valence-electron chi connectivity index (χ2n) is 5.43. The molecular formula is C18H19N3O2. The van der Waals surface area contributed by atoms with Gasteiger partial charge < -0.3 is 15.5 Å². The number of piperazine rings is 1. The van der Waals surface area contributed by atoms with E-state index >= 15 is 0 Å². The van der Waals surface area contributed by atoms with E-state index in [1.807, 2.05) is 54.6 Å². The molecule has 5 heteroatoms. The van der Waals surface area contributed by atoms with E-state index in [1.165, 1.54) is 0 Å². The lowest BCUT2D eigenvalue weighted by atomic mass is 10.0. The molecule has 2 aromatic carbocycles. The summed E-state index contributed by atoms with van der Waals surface area (Å²) in [7, 11) is 0. The van der Waals surface area contributed by atoms with E-state index in [1.54, 1.807) is 4.90 Å². The molecule has 5 nitrogen and oxygen atoms in total. The van der Waals surface area contributed by atoms with Gasteiger partial charge in [0.05, 0.1) is 13.1 Å². The van der Waals surface area contributed by atoms with Crippen molar-refractivity contribution in [1.82, 2.24) is 10.2 Å². The van der Waals surface area contributed by atoms with Gasteiger partial charge in [-0.2, -0.15) is 0 Å². The number of para-hydroxylation sites is 1. The Morgan fingerprint density at radius 1 is 1.09 bits per heavy atom. The van der Waals surface area contributed by atoms with Crippen molar-refractivity contribution in [2.24, 2.45) is 0 Å². The summed E-state index contributed by atoms with van der Waals surface area (Å²) in [6.45, 7) is 1.40. The minimum absolute atomic E-state index is 0.0669. The van der Waals surface area contributed by atoms with Crippen molar-refractivity contribution in [2.75, 3.05) is 31.5 Å². The van der Waals surface area contributed by atoms with Gasteiger partial charge in [0.15, 0.2) is 0 Å². The molecule has 1 saturated heterocycles. The van der Waals surface area contributed by atoms with Crippen LogP contribution in [0.25, 0.3) is 11.1 Å². The lowest BCUT2D eigenvalue weighted by molar-refractivity contribution is -0.136. The topological polar surface area (TPSA) is 61.4 Å². The van der Waals surface area contributed by atoms with Crippen LogP contribution in [-0.4, -0.2) is 42.9 Å². The Balaban J connectivity index is 1.69. The zero-order valence-electron chi connectivity index (χ0n) is 12.8. The second kappa shape index (κ2) is 6.96. The third-order valence-corrected chi connectivity index (χ3v) is 3.83.